The van der Waals surface area contributed by atoms with Crippen molar-refractivity contribution in [2.75, 3.05) is 11.9 Å². The molecule has 0 unspecified atom stereocenters. The highest BCUT2D eigenvalue weighted by Crippen LogP contribution is 2.23. The van der Waals surface area contributed by atoms with Crippen molar-refractivity contribution >= 4 is 11.7 Å². The fourth-order valence-corrected chi connectivity index (χ4v) is 3.11. The minimum atomic E-state index is -0.302. The van der Waals surface area contributed by atoms with Crippen LogP contribution in [-0.2, 0) is 17.8 Å². The SMILES string of the molecule is Cc1cc(NC(=O)[C@@H](C)NC[C@@H]2CCc3nnc(C(C)C)n3C2)no1. The van der Waals surface area contributed by atoms with Crippen molar-refractivity contribution in [3.05, 3.63) is 23.5 Å². The molecule has 2 aromatic rings. The summed E-state index contributed by atoms with van der Waals surface area (Å²) in [6.45, 7) is 9.60. The van der Waals surface area contributed by atoms with E-state index >= 15 is 0 Å². The number of rotatable bonds is 6. The minimum absolute atomic E-state index is 0.114. The van der Waals surface area contributed by atoms with Gasteiger partial charge in [0.2, 0.25) is 5.91 Å². The van der Waals surface area contributed by atoms with Gasteiger partial charge in [0.1, 0.15) is 17.4 Å². The van der Waals surface area contributed by atoms with E-state index in [9.17, 15) is 4.79 Å². The largest absolute Gasteiger partial charge is 0.360 e. The zero-order valence-electron chi connectivity index (χ0n) is 15.2. The Labute approximate surface area is 147 Å². The molecule has 1 amide bonds. The number of anilines is 1. The van der Waals surface area contributed by atoms with Crippen LogP contribution in [0.15, 0.2) is 10.6 Å². The number of nitrogens with one attached hydrogen (secondary N) is 2. The molecule has 0 aliphatic carbocycles. The molecule has 3 rings (SSSR count). The molecule has 0 aromatic carbocycles. The number of aromatic nitrogens is 4. The average molecular weight is 346 g/mol. The summed E-state index contributed by atoms with van der Waals surface area (Å²) in [4.78, 5) is 12.2. The Bertz CT molecular complexity index is 735. The second kappa shape index (κ2) is 7.35. The second-order valence-electron chi connectivity index (χ2n) is 7.09. The van der Waals surface area contributed by atoms with Crippen LogP contribution in [0.5, 0.6) is 0 Å². The first-order valence-electron chi connectivity index (χ1n) is 8.83. The Morgan fingerprint density at radius 2 is 2.20 bits per heavy atom. The highest BCUT2D eigenvalue weighted by atomic mass is 16.5. The first-order chi connectivity index (χ1) is 11.9. The van der Waals surface area contributed by atoms with Gasteiger partial charge in [-0.15, -0.1) is 10.2 Å². The van der Waals surface area contributed by atoms with Gasteiger partial charge in [-0.1, -0.05) is 19.0 Å². The number of fused-ring (bicyclic) bond motifs is 1. The lowest BCUT2D eigenvalue weighted by Crippen LogP contribution is -2.42. The standard InChI is InChI=1S/C17H26N6O2/c1-10(2)16-21-20-15-6-5-13(9-23(15)16)8-18-12(4)17(24)19-14-7-11(3)25-22-14/h7,10,12-13,18H,5-6,8-9H2,1-4H3,(H,19,22,24)/t12-,13+/m1/s1. The van der Waals surface area contributed by atoms with Crippen LogP contribution in [0.2, 0.25) is 0 Å². The predicted molar refractivity (Wildman–Crippen MR) is 93.3 cm³/mol. The average Bonchev–Trinajstić information content (AvgIpc) is 3.18. The molecule has 0 saturated carbocycles. The van der Waals surface area contributed by atoms with Crippen LogP contribution in [0.25, 0.3) is 0 Å². The summed E-state index contributed by atoms with van der Waals surface area (Å²) in [6.07, 6.45) is 1.99. The van der Waals surface area contributed by atoms with E-state index in [1.807, 2.05) is 6.92 Å². The number of hydrogen-bond acceptors (Lipinski definition) is 6. The van der Waals surface area contributed by atoms with E-state index in [2.05, 4.69) is 44.4 Å². The van der Waals surface area contributed by atoms with Gasteiger partial charge in [-0.05, 0) is 26.2 Å². The van der Waals surface area contributed by atoms with Crippen molar-refractivity contribution in [1.82, 2.24) is 25.2 Å². The Hall–Kier alpha value is -2.22. The summed E-state index contributed by atoms with van der Waals surface area (Å²) < 4.78 is 7.20. The van der Waals surface area contributed by atoms with Gasteiger partial charge in [-0.2, -0.15) is 0 Å². The monoisotopic (exact) mass is 346 g/mol. The lowest BCUT2D eigenvalue weighted by molar-refractivity contribution is -0.117. The van der Waals surface area contributed by atoms with Crippen LogP contribution in [0.4, 0.5) is 5.82 Å². The van der Waals surface area contributed by atoms with Gasteiger partial charge in [0.05, 0.1) is 6.04 Å². The Balaban J connectivity index is 1.51. The first kappa shape index (κ1) is 17.6. The van der Waals surface area contributed by atoms with Crippen LogP contribution in [0, 0.1) is 12.8 Å². The van der Waals surface area contributed by atoms with Gasteiger partial charge in [-0.25, -0.2) is 0 Å². The molecule has 2 N–H and O–H groups in total. The van der Waals surface area contributed by atoms with E-state index in [1.54, 1.807) is 13.0 Å². The van der Waals surface area contributed by atoms with Crippen molar-refractivity contribution in [2.45, 2.75) is 59.0 Å². The molecule has 0 fully saturated rings. The molecule has 2 aromatic heterocycles. The molecule has 1 aliphatic rings. The maximum Gasteiger partial charge on any atom is 0.242 e. The summed E-state index contributed by atoms with van der Waals surface area (Å²) in [6, 6.07) is 1.40. The van der Waals surface area contributed by atoms with Crippen molar-refractivity contribution < 1.29 is 9.32 Å². The number of amides is 1. The highest BCUT2D eigenvalue weighted by Gasteiger charge is 2.25. The molecule has 0 spiro atoms. The molecule has 3 heterocycles. The molecular formula is C17H26N6O2. The molecule has 0 bridgehead atoms. The predicted octanol–water partition coefficient (Wildman–Crippen LogP) is 1.88. The van der Waals surface area contributed by atoms with Crippen LogP contribution in [-0.4, -0.2) is 38.4 Å². The maximum atomic E-state index is 12.2. The van der Waals surface area contributed by atoms with Crippen molar-refractivity contribution in [2.24, 2.45) is 5.92 Å². The topological polar surface area (TPSA) is 97.9 Å². The lowest BCUT2D eigenvalue weighted by atomic mass is 9.98. The van der Waals surface area contributed by atoms with E-state index in [0.717, 1.165) is 37.6 Å². The van der Waals surface area contributed by atoms with E-state index < -0.39 is 0 Å². The van der Waals surface area contributed by atoms with Gasteiger partial charge in [0.25, 0.3) is 0 Å². The molecule has 8 nitrogen and oxygen atoms in total. The van der Waals surface area contributed by atoms with E-state index in [-0.39, 0.29) is 11.9 Å². The Morgan fingerprint density at radius 3 is 2.88 bits per heavy atom. The van der Waals surface area contributed by atoms with Crippen molar-refractivity contribution in [3.8, 4) is 0 Å². The zero-order valence-corrected chi connectivity index (χ0v) is 15.2. The second-order valence-corrected chi connectivity index (χ2v) is 7.09. The van der Waals surface area contributed by atoms with E-state index in [0.29, 0.717) is 23.4 Å². The molecule has 0 radical (unpaired) electrons. The van der Waals surface area contributed by atoms with Crippen LogP contribution in [0.1, 0.15) is 50.5 Å². The maximum absolute atomic E-state index is 12.2. The van der Waals surface area contributed by atoms with E-state index in [1.165, 1.54) is 0 Å². The molecular weight excluding hydrogens is 320 g/mol. The van der Waals surface area contributed by atoms with Gasteiger partial charge >= 0.3 is 0 Å². The first-order valence-corrected chi connectivity index (χ1v) is 8.83. The third-order valence-corrected chi connectivity index (χ3v) is 4.57. The lowest BCUT2D eigenvalue weighted by Gasteiger charge is -2.26. The number of aryl methyl sites for hydroxylation is 2. The Kier molecular flexibility index (Phi) is 5.17. The van der Waals surface area contributed by atoms with Crippen molar-refractivity contribution in [1.29, 1.82) is 0 Å². The highest BCUT2D eigenvalue weighted by molar-refractivity contribution is 5.93. The summed E-state index contributed by atoms with van der Waals surface area (Å²) in [5, 5.41) is 18.5. The molecule has 0 saturated heterocycles. The van der Waals surface area contributed by atoms with Gasteiger partial charge in [-0.3, -0.25) is 4.79 Å². The van der Waals surface area contributed by atoms with Crippen LogP contribution in [0.3, 0.4) is 0 Å². The number of carbonyl (C=O) groups is 1. The van der Waals surface area contributed by atoms with Crippen LogP contribution < -0.4 is 10.6 Å². The zero-order chi connectivity index (χ0) is 18.0. The minimum Gasteiger partial charge on any atom is -0.360 e. The van der Waals surface area contributed by atoms with Crippen molar-refractivity contribution in [3.63, 3.8) is 0 Å². The fraction of sp³-hybridized carbons (Fsp3) is 0.647. The molecule has 1 aliphatic heterocycles. The summed E-state index contributed by atoms with van der Waals surface area (Å²) in [5.74, 6) is 3.96. The van der Waals surface area contributed by atoms with Gasteiger partial charge in [0.15, 0.2) is 5.82 Å². The summed E-state index contributed by atoms with van der Waals surface area (Å²) in [5.41, 5.74) is 0. The molecule has 136 valence electrons. The third kappa shape index (κ3) is 4.07. The quantitative estimate of drug-likeness (QED) is 0.829. The van der Waals surface area contributed by atoms with Gasteiger partial charge in [0, 0.05) is 31.5 Å². The Morgan fingerprint density at radius 1 is 1.40 bits per heavy atom. The molecule has 8 heteroatoms. The molecule has 2 atom stereocenters. The molecule has 25 heavy (non-hydrogen) atoms. The van der Waals surface area contributed by atoms with Gasteiger partial charge < -0.3 is 19.7 Å². The summed E-state index contributed by atoms with van der Waals surface area (Å²) >= 11 is 0. The normalized spacial score (nSPS) is 18.2. The number of carbonyl (C=O) groups excluding carboxylic acids is 1. The number of nitrogens with zero attached hydrogens (tertiary/aromatic N) is 4. The number of hydrogen-bond donors (Lipinski definition) is 2. The smallest absolute Gasteiger partial charge is 0.242 e. The van der Waals surface area contributed by atoms with Crippen LogP contribution >= 0.6 is 0 Å². The third-order valence-electron chi connectivity index (χ3n) is 4.57. The fourth-order valence-electron chi connectivity index (χ4n) is 3.11. The summed E-state index contributed by atoms with van der Waals surface area (Å²) in [7, 11) is 0. The van der Waals surface area contributed by atoms with E-state index in [4.69, 9.17) is 4.52 Å².